The van der Waals surface area contributed by atoms with Crippen LogP contribution >= 0.6 is 24.8 Å². The van der Waals surface area contributed by atoms with Crippen LogP contribution in [0.3, 0.4) is 0 Å². The van der Waals surface area contributed by atoms with Gasteiger partial charge in [-0.3, -0.25) is 0 Å². The van der Waals surface area contributed by atoms with Crippen molar-refractivity contribution in [1.29, 1.82) is 0 Å². The second-order valence-corrected chi connectivity index (χ2v) is 11.0. The van der Waals surface area contributed by atoms with Crippen LogP contribution in [0, 0.1) is 0 Å². The topological polar surface area (TPSA) is 123 Å². The smallest absolute Gasteiger partial charge is 0.410 e. The summed E-state index contributed by atoms with van der Waals surface area (Å²) in [5, 5.41) is 7.25. The number of likely N-dealkylation sites (tertiary alicyclic amines) is 1. The number of piperidine rings is 1. The second-order valence-electron chi connectivity index (χ2n) is 11.0. The van der Waals surface area contributed by atoms with Gasteiger partial charge in [-0.05, 0) is 63.5 Å². The average molecular weight is 592 g/mol. The summed E-state index contributed by atoms with van der Waals surface area (Å²) >= 11 is 0. The monoisotopic (exact) mass is 590 g/mol. The maximum atomic E-state index is 12.6. The number of hydrogen-bond acceptors (Lipinski definition) is 8. The highest BCUT2D eigenvalue weighted by molar-refractivity contribution is 5.86. The van der Waals surface area contributed by atoms with Gasteiger partial charge in [0.15, 0.2) is 17.0 Å². The SMILES string of the molecule is Cl.Cl.NC1CCC(Nc2nc(NC3CCN(C(=O)Oc4ccccc4)CC3)c3ncn(C4CCCC4)c3n2)CC1. The molecule has 0 atom stereocenters. The molecule has 3 fully saturated rings. The molecular weight excluding hydrogens is 551 g/mol. The lowest BCUT2D eigenvalue weighted by atomic mass is 9.92. The zero-order chi connectivity index (χ0) is 25.9. The minimum atomic E-state index is -0.298. The number of imidazole rings is 1. The summed E-state index contributed by atoms with van der Waals surface area (Å²) in [6, 6.07) is 10.5. The number of anilines is 2. The fourth-order valence-corrected chi connectivity index (χ4v) is 6.03. The van der Waals surface area contributed by atoms with E-state index in [1.54, 1.807) is 17.0 Å². The summed E-state index contributed by atoms with van der Waals surface area (Å²) in [7, 11) is 0. The van der Waals surface area contributed by atoms with E-state index in [0.29, 0.717) is 42.9 Å². The Balaban J connectivity index is 0.00000185. The number of fused-ring (bicyclic) bond motifs is 1. The molecule has 4 N–H and O–H groups in total. The first-order valence-corrected chi connectivity index (χ1v) is 14.2. The molecule has 0 radical (unpaired) electrons. The summed E-state index contributed by atoms with van der Waals surface area (Å²) in [6.07, 6.45) is 12.2. The Morgan fingerprint density at radius 1 is 0.875 bits per heavy atom. The number of benzene rings is 1. The molecule has 2 aromatic heterocycles. The molecule has 218 valence electrons. The van der Waals surface area contributed by atoms with Gasteiger partial charge in [0, 0.05) is 37.3 Å². The van der Waals surface area contributed by atoms with Crippen molar-refractivity contribution in [1.82, 2.24) is 24.4 Å². The Labute approximate surface area is 247 Å². The average Bonchev–Trinajstić information content (AvgIpc) is 3.61. The van der Waals surface area contributed by atoms with Gasteiger partial charge in [-0.25, -0.2) is 9.78 Å². The Morgan fingerprint density at radius 3 is 2.25 bits per heavy atom. The minimum Gasteiger partial charge on any atom is -0.410 e. The summed E-state index contributed by atoms with van der Waals surface area (Å²) in [5.74, 6) is 2.00. The van der Waals surface area contributed by atoms with Crippen LogP contribution in [0.5, 0.6) is 5.75 Å². The zero-order valence-corrected chi connectivity index (χ0v) is 24.3. The fourth-order valence-electron chi connectivity index (χ4n) is 6.03. The largest absolute Gasteiger partial charge is 0.415 e. The van der Waals surface area contributed by atoms with E-state index in [4.69, 9.17) is 25.4 Å². The van der Waals surface area contributed by atoms with Crippen molar-refractivity contribution in [2.24, 2.45) is 5.73 Å². The minimum absolute atomic E-state index is 0. The van der Waals surface area contributed by atoms with Crippen molar-refractivity contribution in [3.63, 3.8) is 0 Å². The lowest BCUT2D eigenvalue weighted by molar-refractivity contribution is 0.140. The highest BCUT2D eigenvalue weighted by Gasteiger charge is 2.27. The first-order valence-electron chi connectivity index (χ1n) is 14.2. The van der Waals surface area contributed by atoms with Gasteiger partial charge in [-0.2, -0.15) is 9.97 Å². The van der Waals surface area contributed by atoms with Crippen LogP contribution in [0.25, 0.3) is 11.2 Å². The molecule has 10 nitrogen and oxygen atoms in total. The van der Waals surface area contributed by atoms with Crippen molar-refractivity contribution in [2.75, 3.05) is 23.7 Å². The molecule has 3 heterocycles. The molecule has 0 unspecified atom stereocenters. The molecule has 3 aromatic rings. The molecule has 0 bridgehead atoms. The predicted molar refractivity (Wildman–Crippen MR) is 162 cm³/mol. The van der Waals surface area contributed by atoms with E-state index in [-0.39, 0.29) is 36.9 Å². The third-order valence-electron chi connectivity index (χ3n) is 8.29. The van der Waals surface area contributed by atoms with Gasteiger partial charge in [-0.15, -0.1) is 24.8 Å². The molecule has 2 aliphatic carbocycles. The molecule has 6 rings (SSSR count). The fraction of sp³-hybridized carbons (Fsp3) is 0.571. The third-order valence-corrected chi connectivity index (χ3v) is 8.29. The van der Waals surface area contributed by atoms with E-state index in [2.05, 4.69) is 15.2 Å². The van der Waals surface area contributed by atoms with Crippen LogP contribution in [0.4, 0.5) is 16.6 Å². The number of carbonyl (C=O) groups excluding carboxylic acids is 1. The Bertz CT molecular complexity index is 1240. The van der Waals surface area contributed by atoms with Crippen molar-refractivity contribution in [2.45, 2.75) is 88.4 Å². The molecule has 2 saturated carbocycles. The van der Waals surface area contributed by atoms with Gasteiger partial charge < -0.3 is 30.6 Å². The van der Waals surface area contributed by atoms with Gasteiger partial charge in [0.05, 0.1) is 6.33 Å². The zero-order valence-electron chi connectivity index (χ0n) is 22.7. The molecule has 12 heteroatoms. The van der Waals surface area contributed by atoms with Gasteiger partial charge in [0.25, 0.3) is 0 Å². The number of nitrogens with one attached hydrogen (secondary N) is 2. The number of carbonyl (C=O) groups is 1. The molecule has 0 spiro atoms. The highest BCUT2D eigenvalue weighted by Crippen LogP contribution is 2.34. The molecule has 40 heavy (non-hydrogen) atoms. The van der Waals surface area contributed by atoms with Crippen LogP contribution in [-0.4, -0.2) is 61.7 Å². The summed E-state index contributed by atoms with van der Waals surface area (Å²) in [5.41, 5.74) is 7.84. The molecular formula is C28H40Cl2N8O2. The van der Waals surface area contributed by atoms with Gasteiger partial charge in [0.2, 0.25) is 5.95 Å². The van der Waals surface area contributed by atoms with E-state index in [9.17, 15) is 4.79 Å². The van der Waals surface area contributed by atoms with Crippen LogP contribution in [-0.2, 0) is 0 Å². The van der Waals surface area contributed by atoms with Crippen LogP contribution in [0.15, 0.2) is 36.7 Å². The maximum absolute atomic E-state index is 12.6. The number of rotatable bonds is 6. The molecule has 1 aliphatic heterocycles. The van der Waals surface area contributed by atoms with E-state index in [1.165, 1.54) is 25.7 Å². The van der Waals surface area contributed by atoms with Crippen molar-refractivity contribution in [3.05, 3.63) is 36.7 Å². The van der Waals surface area contributed by atoms with Crippen LogP contribution in [0.2, 0.25) is 0 Å². The summed E-state index contributed by atoms with van der Waals surface area (Å²) in [4.78, 5) is 29.0. The summed E-state index contributed by atoms with van der Waals surface area (Å²) < 4.78 is 7.78. The number of amides is 1. The standard InChI is InChI=1S/C28H38N8O2.2ClH/c29-19-10-12-20(13-11-19)32-27-33-25(24-26(34-27)36(18-30-24)22-6-4-5-7-22)31-21-14-16-35(17-15-21)28(37)38-23-8-2-1-3-9-23;;/h1-3,8-9,18-22H,4-7,10-17,29H2,(H2,31,32,33,34);2*1H. The number of para-hydroxylation sites is 1. The second kappa shape index (κ2) is 13.7. The molecule has 3 aliphatic rings. The van der Waals surface area contributed by atoms with Crippen molar-refractivity contribution in [3.8, 4) is 5.75 Å². The number of ether oxygens (including phenoxy) is 1. The predicted octanol–water partition coefficient (Wildman–Crippen LogP) is 5.54. The Kier molecular flexibility index (Phi) is 10.3. The Morgan fingerprint density at radius 2 is 1.55 bits per heavy atom. The molecule has 1 amide bonds. The third kappa shape index (κ3) is 6.90. The maximum Gasteiger partial charge on any atom is 0.415 e. The van der Waals surface area contributed by atoms with E-state index in [0.717, 1.165) is 55.5 Å². The van der Waals surface area contributed by atoms with Crippen LogP contribution < -0.4 is 21.1 Å². The first-order chi connectivity index (χ1) is 18.6. The van der Waals surface area contributed by atoms with Gasteiger partial charge in [-0.1, -0.05) is 31.0 Å². The lowest BCUT2D eigenvalue weighted by Crippen LogP contribution is -2.43. The van der Waals surface area contributed by atoms with E-state index < -0.39 is 0 Å². The number of hydrogen-bond donors (Lipinski definition) is 3. The van der Waals surface area contributed by atoms with Gasteiger partial charge >= 0.3 is 6.09 Å². The Hall–Kier alpha value is -2.82. The quantitative estimate of drug-likeness (QED) is 0.342. The highest BCUT2D eigenvalue weighted by atomic mass is 35.5. The summed E-state index contributed by atoms with van der Waals surface area (Å²) in [6.45, 7) is 1.25. The molecule has 1 saturated heterocycles. The van der Waals surface area contributed by atoms with Crippen molar-refractivity contribution < 1.29 is 9.53 Å². The number of halogens is 2. The van der Waals surface area contributed by atoms with Crippen molar-refractivity contribution >= 4 is 53.8 Å². The number of aromatic nitrogens is 4. The van der Waals surface area contributed by atoms with E-state index >= 15 is 0 Å². The van der Waals surface area contributed by atoms with E-state index in [1.807, 2.05) is 24.5 Å². The lowest BCUT2D eigenvalue weighted by Gasteiger charge is -2.32. The van der Waals surface area contributed by atoms with Gasteiger partial charge in [0.1, 0.15) is 5.75 Å². The van der Waals surface area contributed by atoms with Crippen LogP contribution in [0.1, 0.15) is 70.3 Å². The number of nitrogens with two attached hydrogens (primary N) is 1. The first kappa shape index (κ1) is 30.1. The normalized spacial score (nSPS) is 21.9. The molecule has 1 aromatic carbocycles. The number of nitrogens with zero attached hydrogens (tertiary/aromatic N) is 5.